The predicted molar refractivity (Wildman–Crippen MR) is 288 cm³/mol. The molecular formula is C64H93F3N2O7. The number of aliphatic hydroxyl groups excluding tert-OH is 1. The first-order valence-electron chi connectivity index (χ1n) is 30.3. The van der Waals surface area contributed by atoms with Crippen molar-refractivity contribution in [2.45, 2.75) is 207 Å². The van der Waals surface area contributed by atoms with Gasteiger partial charge in [-0.05, 0) is 174 Å². The van der Waals surface area contributed by atoms with E-state index in [1.807, 2.05) is 26.0 Å². The van der Waals surface area contributed by atoms with Gasteiger partial charge in [-0.25, -0.2) is 14.5 Å². The van der Waals surface area contributed by atoms with E-state index in [1.54, 1.807) is 0 Å². The lowest BCUT2D eigenvalue weighted by atomic mass is 9.32. The van der Waals surface area contributed by atoms with Crippen LogP contribution in [0.4, 0.5) is 13.2 Å². The van der Waals surface area contributed by atoms with Crippen LogP contribution in [0.1, 0.15) is 203 Å². The summed E-state index contributed by atoms with van der Waals surface area (Å²) >= 11 is 0. The maximum Gasteiger partial charge on any atom is 0.490 e. The molecule has 0 saturated heterocycles. The number of halogens is 3. The third kappa shape index (κ3) is 8.35. The summed E-state index contributed by atoms with van der Waals surface area (Å²) in [7, 11) is 2.50. The number of ketones is 4. The molecule has 8 fully saturated rings. The maximum absolute atomic E-state index is 14.4. The van der Waals surface area contributed by atoms with Crippen LogP contribution < -0.4 is 0 Å². The number of alkyl halides is 3. The number of allylic oxidation sites excluding steroid dienone is 4. The van der Waals surface area contributed by atoms with Gasteiger partial charge in [0, 0.05) is 51.3 Å². The Morgan fingerprint density at radius 1 is 0.618 bits per heavy atom. The van der Waals surface area contributed by atoms with Crippen LogP contribution in [-0.4, -0.2) is 53.6 Å². The van der Waals surface area contributed by atoms with Crippen LogP contribution in [0.3, 0.4) is 0 Å². The normalized spacial score (nSPS) is 47.6. The van der Waals surface area contributed by atoms with Crippen molar-refractivity contribution in [2.75, 3.05) is 13.2 Å². The summed E-state index contributed by atoms with van der Waals surface area (Å²) in [5, 5.41) is 10.6. The van der Waals surface area contributed by atoms with E-state index in [2.05, 4.69) is 78.9 Å². The monoisotopic (exact) mass is 1060 g/mol. The summed E-state index contributed by atoms with van der Waals surface area (Å²) in [6, 6.07) is 0. The van der Waals surface area contributed by atoms with Gasteiger partial charge in [-0.2, -0.15) is 13.2 Å². The van der Waals surface area contributed by atoms with Crippen molar-refractivity contribution in [1.82, 2.24) is 0 Å². The number of hydrogen-bond acceptors (Lipinski definition) is 7. The molecule has 0 aromatic carbocycles. The van der Waals surface area contributed by atoms with Crippen molar-refractivity contribution >= 4 is 29.1 Å². The first-order valence-corrected chi connectivity index (χ1v) is 28.3. The van der Waals surface area contributed by atoms with Gasteiger partial charge in [-0.1, -0.05) is 110 Å². The van der Waals surface area contributed by atoms with Gasteiger partial charge in [-0.15, -0.1) is 0 Å². The van der Waals surface area contributed by atoms with E-state index in [1.165, 1.54) is 14.8 Å². The Morgan fingerprint density at radius 3 is 1.37 bits per heavy atom. The lowest BCUT2D eigenvalue weighted by Crippen LogP contribution is -2.68. The zero-order valence-electron chi connectivity index (χ0n) is 50.6. The van der Waals surface area contributed by atoms with E-state index in [0.29, 0.717) is 44.3 Å². The summed E-state index contributed by atoms with van der Waals surface area (Å²) in [5.41, 5.74) is -1.72. The van der Waals surface area contributed by atoms with E-state index in [4.69, 9.17) is 20.6 Å². The quantitative estimate of drug-likeness (QED) is 0.220. The fourth-order valence-corrected chi connectivity index (χ4v) is 20.8. The molecule has 0 unspecified atom stereocenters. The highest BCUT2D eigenvalue weighted by atomic mass is 19.4. The molecule has 18 atom stereocenters. The van der Waals surface area contributed by atoms with Gasteiger partial charge in [0.15, 0.2) is 11.6 Å². The predicted octanol–water partition coefficient (Wildman–Crippen LogP) is 14.9. The molecule has 0 radical (unpaired) electrons. The molecule has 0 aromatic rings. The van der Waals surface area contributed by atoms with E-state index in [0.717, 1.165) is 64.2 Å². The lowest BCUT2D eigenvalue weighted by Gasteiger charge is -2.71. The zero-order valence-corrected chi connectivity index (χ0v) is 48.6. The average molecular weight is 1060 g/mol. The molecule has 10 aliphatic carbocycles. The minimum absolute atomic E-state index is 0.00123. The molecule has 10 aliphatic rings. The second-order valence-corrected chi connectivity index (χ2v) is 29.6. The van der Waals surface area contributed by atoms with Crippen LogP contribution in [0.5, 0.6) is 0 Å². The average Bonchev–Trinajstić information content (AvgIpc) is 3.15. The minimum atomic E-state index is -5.05. The van der Waals surface area contributed by atoms with Crippen molar-refractivity contribution < 1.29 is 49.7 Å². The molecule has 10 rings (SSSR count). The zero-order chi connectivity index (χ0) is 58.6. The molecule has 1 N–H and O–H groups in total. The molecule has 0 aromatic heterocycles. The molecule has 0 bridgehead atoms. The SMILES string of the molecule is [3H]C.[3H]C.[C-]#[N+]C1=C[C@]2(C)[C@H]3CC(=O)[C@@H]4[C@@H]5CC(C)(C)CC[C@]5(CO)CC[C@@]4(C)[C@]3(C)CC[C@H]2[C@H](C)C1=O.[C-]#[N+]C1=C[C@]2(C)[C@H]3CC(=O)[C@@H]4[C@@H]5CC(C)(C)CC[C@]5(COC(=O)C(F)(F)F)CC[C@@]4(C)[C@]3(C)CC[C@H]2[C@H](C)C1=O. The Hall–Kier alpha value is -3.64. The molecule has 0 spiro atoms. The third-order valence-electron chi connectivity index (χ3n) is 25.6. The van der Waals surface area contributed by atoms with Crippen LogP contribution in [0.2, 0.25) is 0 Å². The molecule has 76 heavy (non-hydrogen) atoms. The molecule has 8 saturated carbocycles. The topological polar surface area (TPSA) is 124 Å². The smallest absolute Gasteiger partial charge is 0.458 e. The molecule has 422 valence electrons. The highest BCUT2D eigenvalue weighted by Gasteiger charge is 2.73. The van der Waals surface area contributed by atoms with Gasteiger partial charge in [0.25, 0.3) is 0 Å². The van der Waals surface area contributed by atoms with Crippen molar-refractivity contribution in [3.05, 3.63) is 46.4 Å². The fourth-order valence-electron chi connectivity index (χ4n) is 20.8. The Balaban J connectivity index is 0.000000215. The highest BCUT2D eigenvalue weighted by molar-refractivity contribution is 6.00. The number of nitrogens with zero attached hydrogens (tertiary/aromatic N) is 2. The van der Waals surface area contributed by atoms with Gasteiger partial charge in [0.1, 0.15) is 11.6 Å². The van der Waals surface area contributed by atoms with Crippen molar-refractivity contribution in [3.8, 4) is 0 Å². The summed E-state index contributed by atoms with van der Waals surface area (Å²) < 4.78 is 55.7. The van der Waals surface area contributed by atoms with E-state index < -0.39 is 28.4 Å². The first-order chi connectivity index (χ1) is 36.1. The summed E-state index contributed by atoms with van der Waals surface area (Å²) in [5.74, 6) is -2.06. The molecule has 9 nitrogen and oxygen atoms in total. The number of hydrogen-bond donors (Lipinski definition) is 1. The van der Waals surface area contributed by atoms with E-state index in [-0.39, 0.29) is 139 Å². The summed E-state index contributed by atoms with van der Waals surface area (Å²) in [6.45, 7) is 41.8. The van der Waals surface area contributed by atoms with Gasteiger partial charge < -0.3 is 19.4 Å². The van der Waals surface area contributed by atoms with Crippen molar-refractivity contribution in [1.29, 1.82) is 0 Å². The second kappa shape index (κ2) is 19.0. The molecule has 0 heterocycles. The van der Waals surface area contributed by atoms with Gasteiger partial charge in [0.2, 0.25) is 11.4 Å². The minimum Gasteiger partial charge on any atom is -0.458 e. The summed E-state index contributed by atoms with van der Waals surface area (Å²) in [6.07, 6.45) is 12.0. The van der Waals surface area contributed by atoms with Crippen molar-refractivity contribution in [2.24, 2.45) is 113 Å². The van der Waals surface area contributed by atoms with Gasteiger partial charge >= 0.3 is 12.1 Å². The van der Waals surface area contributed by atoms with Crippen molar-refractivity contribution in [3.63, 3.8) is 0 Å². The lowest BCUT2D eigenvalue weighted by molar-refractivity contribution is -0.231. The number of aliphatic hydroxyl groups is 1. The largest absolute Gasteiger partial charge is 0.490 e. The number of rotatable bonds is 3. The van der Waals surface area contributed by atoms with Gasteiger partial charge in [0.05, 0.1) is 19.8 Å². The van der Waals surface area contributed by atoms with Crippen LogP contribution >= 0.6 is 0 Å². The van der Waals surface area contributed by atoms with E-state index >= 15 is 0 Å². The fraction of sp³-hybridized carbons (Fsp3) is 0.828. The Labute approximate surface area is 457 Å². The third-order valence-corrected chi connectivity index (χ3v) is 25.6. The number of carbonyl (C=O) groups is 5. The van der Waals surface area contributed by atoms with Crippen LogP contribution in [0.15, 0.2) is 23.5 Å². The van der Waals surface area contributed by atoms with Crippen LogP contribution in [0, 0.1) is 126 Å². The Bertz CT molecular complexity index is 2580. The number of esters is 1. The molecular weight excluding hydrogens is 966 g/mol. The van der Waals surface area contributed by atoms with E-state index in [9.17, 15) is 42.3 Å². The summed E-state index contributed by atoms with van der Waals surface area (Å²) in [4.78, 5) is 73.4. The maximum atomic E-state index is 14.4. The van der Waals surface area contributed by atoms with Gasteiger partial charge in [-0.3, -0.25) is 9.59 Å². The number of Topliss-reactive ketones (excluding diaryl/α,β-unsaturated/α-hetero) is 4. The number of ether oxygens (including phenoxy) is 1. The first kappa shape index (κ1) is 57.1. The molecule has 12 heteroatoms. The standard InChI is InChI=1S/C32H42F3NO4.C30H43NO3.2CH4/c1-18-19-8-9-29(5)23(28(19,4)16-21(36-7)25(18)38)14-22(37)24-20-15-27(2,3)10-12-31(20,13-11-30(24,29)6)17-40-26(39)32(33,34)35;1-18-19-8-9-28(5)23(27(19,4)16-21(31-7)25(18)34)14-22(33)24-20-15-26(2,3)10-12-30(20,17-32)13-11-29(24,28)6;;/h16,18-20,23-24H,8-15,17H2,1-6H3;16,18-20,23-24,32H,8-15,17H2,1-6H3;2*1H4/t18-,19-,20-,23+,24-,28-,29+,30+,31+;18-,19-,20-,23+,24-,27-,28+,29+,30+;;/m00../s1/i;;2*1T. The molecule has 0 amide bonds. The highest BCUT2D eigenvalue weighted by Crippen LogP contribution is 2.77. The van der Waals surface area contributed by atoms with Crippen LogP contribution in [-0.2, 0) is 28.7 Å². The number of carbonyl (C=O) groups excluding carboxylic acids is 5. The van der Waals surface area contributed by atoms with Crippen LogP contribution in [0.25, 0.3) is 9.69 Å². The Morgan fingerprint density at radius 2 is 0.987 bits per heavy atom. The number of fused-ring (bicyclic) bond motifs is 14. The molecule has 0 aliphatic heterocycles. The Kier molecular flexibility index (Phi) is 14.3. The second-order valence-electron chi connectivity index (χ2n) is 29.6.